The van der Waals surface area contributed by atoms with E-state index in [4.69, 9.17) is 0 Å². The molecule has 1 aliphatic rings. The van der Waals surface area contributed by atoms with E-state index in [1.807, 2.05) is 19.3 Å². The Bertz CT molecular complexity index is 629. The number of likely N-dealkylation sites (tertiary alicyclic amines) is 1. The molecule has 0 saturated carbocycles. The molecule has 4 nitrogen and oxygen atoms in total. The summed E-state index contributed by atoms with van der Waals surface area (Å²) in [5.41, 5.74) is 0.393. The minimum Gasteiger partial charge on any atom is -0.353 e. The molecule has 1 unspecified atom stereocenters. The van der Waals surface area contributed by atoms with Crippen molar-refractivity contribution in [2.45, 2.75) is 31.6 Å². The Balaban J connectivity index is 1.68. The summed E-state index contributed by atoms with van der Waals surface area (Å²) in [6, 6.07) is 5.13. The molecule has 0 radical (unpaired) electrons. The molecule has 0 aliphatic carbocycles. The largest absolute Gasteiger partial charge is 0.435 e. The third kappa shape index (κ3) is 3.19. The van der Waals surface area contributed by atoms with Crippen LogP contribution in [0.4, 0.5) is 13.2 Å². The van der Waals surface area contributed by atoms with Gasteiger partial charge in [0, 0.05) is 38.2 Å². The van der Waals surface area contributed by atoms with Crippen molar-refractivity contribution in [2.24, 2.45) is 7.05 Å². The number of halogens is 3. The van der Waals surface area contributed by atoms with Gasteiger partial charge in [-0.15, -0.1) is 0 Å². The summed E-state index contributed by atoms with van der Waals surface area (Å²) in [5.74, 6) is 0. The molecule has 3 heterocycles. The average molecular weight is 312 g/mol. The molecule has 0 aromatic carbocycles. The van der Waals surface area contributed by atoms with Crippen molar-refractivity contribution in [3.05, 3.63) is 42.0 Å². The first-order chi connectivity index (χ1) is 10.4. The van der Waals surface area contributed by atoms with E-state index in [1.165, 1.54) is 16.6 Å². The highest BCUT2D eigenvalue weighted by atomic mass is 19.4. The summed E-state index contributed by atoms with van der Waals surface area (Å²) in [5, 5.41) is 3.71. The smallest absolute Gasteiger partial charge is 0.353 e. The molecular formula is C15H19F3N4. The SMILES string of the molecule is Cn1cccc1CN1CCCC(n2ccc(C(F)(F)F)n2)C1. The Morgan fingerprint density at radius 2 is 2.09 bits per heavy atom. The molecule has 120 valence electrons. The number of aromatic nitrogens is 3. The van der Waals surface area contributed by atoms with Crippen molar-refractivity contribution in [1.29, 1.82) is 0 Å². The van der Waals surface area contributed by atoms with Crippen molar-refractivity contribution in [1.82, 2.24) is 19.2 Å². The minimum absolute atomic E-state index is 0.00474. The van der Waals surface area contributed by atoms with Crippen LogP contribution < -0.4 is 0 Å². The van der Waals surface area contributed by atoms with Crippen LogP contribution in [-0.2, 0) is 19.8 Å². The molecule has 22 heavy (non-hydrogen) atoms. The van der Waals surface area contributed by atoms with Crippen LogP contribution in [0.15, 0.2) is 30.6 Å². The highest BCUT2D eigenvalue weighted by molar-refractivity contribution is 5.07. The van der Waals surface area contributed by atoms with Gasteiger partial charge >= 0.3 is 6.18 Å². The first kappa shape index (κ1) is 15.1. The van der Waals surface area contributed by atoms with Gasteiger partial charge in [-0.2, -0.15) is 18.3 Å². The summed E-state index contributed by atoms with van der Waals surface area (Å²) in [6.07, 6.45) is 0.904. The van der Waals surface area contributed by atoms with Gasteiger partial charge in [-0.05, 0) is 37.6 Å². The maximum absolute atomic E-state index is 12.7. The lowest BCUT2D eigenvalue weighted by atomic mass is 10.1. The summed E-state index contributed by atoms with van der Waals surface area (Å²) in [7, 11) is 2.00. The van der Waals surface area contributed by atoms with Gasteiger partial charge in [0.2, 0.25) is 0 Å². The standard InChI is InChI=1S/C15H19F3N4/c1-20-7-2-4-12(20)10-21-8-3-5-13(11-21)22-9-6-14(19-22)15(16,17)18/h2,4,6-7,9,13H,3,5,8,10-11H2,1H3. The fraction of sp³-hybridized carbons (Fsp3) is 0.533. The first-order valence-electron chi connectivity index (χ1n) is 7.38. The summed E-state index contributed by atoms with van der Waals surface area (Å²) >= 11 is 0. The predicted octanol–water partition coefficient (Wildman–Crippen LogP) is 3.08. The Labute approximate surface area is 127 Å². The molecule has 1 aliphatic heterocycles. The van der Waals surface area contributed by atoms with Crippen LogP contribution >= 0.6 is 0 Å². The number of aryl methyl sites for hydroxylation is 1. The molecular weight excluding hydrogens is 293 g/mol. The van der Waals surface area contributed by atoms with Crippen molar-refractivity contribution in [3.8, 4) is 0 Å². The van der Waals surface area contributed by atoms with Crippen LogP contribution in [0.5, 0.6) is 0 Å². The van der Waals surface area contributed by atoms with Crippen LogP contribution in [0.1, 0.15) is 30.3 Å². The van der Waals surface area contributed by atoms with E-state index < -0.39 is 11.9 Å². The minimum atomic E-state index is -4.37. The van der Waals surface area contributed by atoms with Crippen molar-refractivity contribution in [3.63, 3.8) is 0 Å². The van der Waals surface area contributed by atoms with Gasteiger partial charge < -0.3 is 4.57 Å². The van der Waals surface area contributed by atoms with Gasteiger partial charge in [-0.25, -0.2) is 0 Å². The second-order valence-corrected chi connectivity index (χ2v) is 5.82. The van der Waals surface area contributed by atoms with E-state index in [-0.39, 0.29) is 6.04 Å². The summed E-state index contributed by atoms with van der Waals surface area (Å²) < 4.78 is 41.5. The topological polar surface area (TPSA) is 26.0 Å². The third-order valence-electron chi connectivity index (χ3n) is 4.19. The van der Waals surface area contributed by atoms with E-state index >= 15 is 0 Å². The zero-order valence-electron chi connectivity index (χ0n) is 12.4. The van der Waals surface area contributed by atoms with Gasteiger partial charge in [0.1, 0.15) is 0 Å². The number of hydrogen-bond acceptors (Lipinski definition) is 2. The monoisotopic (exact) mass is 312 g/mol. The van der Waals surface area contributed by atoms with E-state index in [0.717, 1.165) is 38.5 Å². The second kappa shape index (κ2) is 5.79. The number of hydrogen-bond donors (Lipinski definition) is 0. The van der Waals surface area contributed by atoms with E-state index in [1.54, 1.807) is 0 Å². The second-order valence-electron chi connectivity index (χ2n) is 5.82. The van der Waals surface area contributed by atoms with Crippen LogP contribution in [0.25, 0.3) is 0 Å². The third-order valence-corrected chi connectivity index (χ3v) is 4.19. The Kier molecular flexibility index (Phi) is 3.99. The maximum atomic E-state index is 12.7. The molecule has 0 N–H and O–H groups in total. The molecule has 3 rings (SSSR count). The van der Waals surface area contributed by atoms with Gasteiger partial charge in [-0.3, -0.25) is 9.58 Å². The fourth-order valence-electron chi connectivity index (χ4n) is 2.97. The molecule has 0 spiro atoms. The number of alkyl halides is 3. The Morgan fingerprint density at radius 1 is 1.27 bits per heavy atom. The quantitative estimate of drug-likeness (QED) is 0.870. The molecule has 1 fully saturated rings. The normalized spacial score (nSPS) is 20.5. The molecule has 2 aromatic heterocycles. The van der Waals surface area contributed by atoms with Crippen LogP contribution in [0.3, 0.4) is 0 Å². The maximum Gasteiger partial charge on any atom is 0.435 e. The molecule has 1 atom stereocenters. The van der Waals surface area contributed by atoms with Gasteiger partial charge in [0.05, 0.1) is 6.04 Å². The highest BCUT2D eigenvalue weighted by Gasteiger charge is 2.34. The van der Waals surface area contributed by atoms with Crippen molar-refractivity contribution < 1.29 is 13.2 Å². The zero-order chi connectivity index (χ0) is 15.7. The van der Waals surface area contributed by atoms with Crippen molar-refractivity contribution >= 4 is 0 Å². The lowest BCUT2D eigenvalue weighted by Gasteiger charge is -2.32. The van der Waals surface area contributed by atoms with Gasteiger partial charge in [0.25, 0.3) is 0 Å². The summed E-state index contributed by atoms with van der Waals surface area (Å²) in [6.45, 7) is 2.51. The van der Waals surface area contributed by atoms with Crippen LogP contribution in [0.2, 0.25) is 0 Å². The Morgan fingerprint density at radius 3 is 2.73 bits per heavy atom. The highest BCUT2D eigenvalue weighted by Crippen LogP contribution is 2.29. The van der Waals surface area contributed by atoms with Crippen LogP contribution in [-0.4, -0.2) is 32.3 Å². The number of rotatable bonds is 3. The summed E-state index contributed by atoms with van der Waals surface area (Å²) in [4.78, 5) is 2.28. The molecule has 0 amide bonds. The first-order valence-corrected chi connectivity index (χ1v) is 7.38. The fourth-order valence-corrected chi connectivity index (χ4v) is 2.97. The Hall–Kier alpha value is -1.76. The predicted molar refractivity (Wildman–Crippen MR) is 76.2 cm³/mol. The van der Waals surface area contributed by atoms with E-state index in [9.17, 15) is 13.2 Å². The average Bonchev–Trinajstić information content (AvgIpc) is 3.09. The molecule has 7 heteroatoms. The molecule has 1 saturated heterocycles. The zero-order valence-corrected chi connectivity index (χ0v) is 12.4. The van der Waals surface area contributed by atoms with E-state index in [0.29, 0.717) is 0 Å². The van der Waals surface area contributed by atoms with Gasteiger partial charge in [0.15, 0.2) is 5.69 Å². The van der Waals surface area contributed by atoms with Crippen LogP contribution in [0, 0.1) is 0 Å². The lowest BCUT2D eigenvalue weighted by molar-refractivity contribution is -0.141. The number of piperidine rings is 1. The lowest BCUT2D eigenvalue weighted by Crippen LogP contribution is -2.36. The van der Waals surface area contributed by atoms with Gasteiger partial charge in [-0.1, -0.05) is 0 Å². The van der Waals surface area contributed by atoms with E-state index in [2.05, 4.69) is 20.6 Å². The number of nitrogens with zero attached hydrogens (tertiary/aromatic N) is 4. The van der Waals surface area contributed by atoms with Crippen molar-refractivity contribution in [2.75, 3.05) is 13.1 Å². The molecule has 0 bridgehead atoms. The molecule has 2 aromatic rings.